The van der Waals surface area contributed by atoms with Crippen LogP contribution in [0.2, 0.25) is 0 Å². The van der Waals surface area contributed by atoms with Gasteiger partial charge in [0.15, 0.2) is 0 Å². The first kappa shape index (κ1) is 11.4. The number of carboxylic acids is 1. The summed E-state index contributed by atoms with van der Waals surface area (Å²) in [6.07, 6.45) is 1.56. The van der Waals surface area contributed by atoms with E-state index in [9.17, 15) is 4.79 Å². The predicted octanol–water partition coefficient (Wildman–Crippen LogP) is 2.10. The third-order valence-corrected chi connectivity index (χ3v) is 3.10. The number of nitrogens with zero attached hydrogens (tertiary/aromatic N) is 1. The van der Waals surface area contributed by atoms with Gasteiger partial charge in [-0.3, -0.25) is 0 Å². The van der Waals surface area contributed by atoms with Gasteiger partial charge in [0.1, 0.15) is 10.6 Å². The van der Waals surface area contributed by atoms with Crippen LogP contribution >= 0.6 is 11.3 Å². The van der Waals surface area contributed by atoms with Gasteiger partial charge in [-0.15, -0.1) is 11.3 Å². The molecule has 0 radical (unpaired) electrons. The molecule has 17 heavy (non-hydrogen) atoms. The lowest BCUT2D eigenvalue weighted by molar-refractivity contribution is 0.0699. The molecule has 3 N–H and O–H groups in total. The first-order valence-electron chi connectivity index (χ1n) is 4.74. The number of thiophene rings is 1. The summed E-state index contributed by atoms with van der Waals surface area (Å²) in [5.41, 5.74) is 7.04. The molecule has 2 heterocycles. The molecular formula is C11H10N2O3S. The molecule has 2 aromatic heterocycles. The van der Waals surface area contributed by atoms with E-state index in [1.807, 2.05) is 0 Å². The van der Waals surface area contributed by atoms with Crippen LogP contribution < -0.4 is 10.5 Å². The van der Waals surface area contributed by atoms with Crippen molar-refractivity contribution in [2.45, 2.75) is 0 Å². The first-order chi connectivity index (χ1) is 8.13. The van der Waals surface area contributed by atoms with Crippen LogP contribution in [0.4, 0.5) is 5.00 Å². The Balaban J connectivity index is 2.49. The zero-order chi connectivity index (χ0) is 12.4. The van der Waals surface area contributed by atoms with Gasteiger partial charge >= 0.3 is 5.97 Å². The monoisotopic (exact) mass is 250 g/mol. The molecule has 2 aromatic rings. The van der Waals surface area contributed by atoms with Gasteiger partial charge < -0.3 is 15.6 Å². The maximum Gasteiger partial charge on any atom is 0.339 e. The second-order valence-corrected chi connectivity index (χ2v) is 4.19. The van der Waals surface area contributed by atoms with E-state index in [4.69, 9.17) is 15.6 Å². The number of methoxy groups -OCH3 is 1. The Labute approximate surface area is 101 Å². The summed E-state index contributed by atoms with van der Waals surface area (Å²) in [6.45, 7) is 0. The number of ether oxygens (including phenoxy) is 1. The molecule has 0 amide bonds. The van der Waals surface area contributed by atoms with E-state index >= 15 is 0 Å². The van der Waals surface area contributed by atoms with Crippen molar-refractivity contribution in [1.82, 2.24) is 4.98 Å². The highest BCUT2D eigenvalue weighted by atomic mass is 32.1. The zero-order valence-electron chi connectivity index (χ0n) is 9.01. The Morgan fingerprint density at radius 1 is 1.53 bits per heavy atom. The molecule has 88 valence electrons. The number of nitrogen functional groups attached to an aromatic ring is 1. The van der Waals surface area contributed by atoms with E-state index in [1.54, 1.807) is 23.7 Å². The number of hydrogen-bond acceptors (Lipinski definition) is 5. The van der Waals surface area contributed by atoms with E-state index < -0.39 is 5.97 Å². The lowest BCUT2D eigenvalue weighted by Gasteiger charge is -2.02. The topological polar surface area (TPSA) is 85.4 Å². The maximum atomic E-state index is 11.1. The third-order valence-electron chi connectivity index (χ3n) is 2.29. The van der Waals surface area contributed by atoms with Gasteiger partial charge in [0.25, 0.3) is 0 Å². The van der Waals surface area contributed by atoms with Crippen molar-refractivity contribution in [3.8, 4) is 17.0 Å². The second kappa shape index (κ2) is 4.42. The molecule has 0 saturated carbocycles. The van der Waals surface area contributed by atoms with E-state index in [2.05, 4.69) is 4.98 Å². The molecule has 0 aromatic carbocycles. The molecule has 0 aliphatic carbocycles. The zero-order valence-corrected chi connectivity index (χ0v) is 9.82. The van der Waals surface area contributed by atoms with E-state index in [0.717, 1.165) is 0 Å². The number of aromatic carboxylic acids is 1. The molecule has 0 aliphatic heterocycles. The summed E-state index contributed by atoms with van der Waals surface area (Å²) in [6, 6.07) is 3.43. The minimum Gasteiger partial charge on any atom is -0.481 e. The Kier molecular flexibility index (Phi) is 2.97. The third kappa shape index (κ3) is 2.07. The Hall–Kier alpha value is -2.08. The fourth-order valence-corrected chi connectivity index (χ4v) is 2.28. The van der Waals surface area contributed by atoms with E-state index in [-0.39, 0.29) is 5.56 Å². The van der Waals surface area contributed by atoms with Crippen LogP contribution in [-0.2, 0) is 0 Å². The average molecular weight is 250 g/mol. The quantitative estimate of drug-likeness (QED) is 0.871. The summed E-state index contributed by atoms with van der Waals surface area (Å²) < 4.78 is 4.94. The number of carboxylic acid groups (broad SMARTS) is 1. The number of carbonyl (C=O) groups is 1. The fraction of sp³-hybridized carbons (Fsp3) is 0.0909. The highest BCUT2D eigenvalue weighted by molar-refractivity contribution is 7.14. The van der Waals surface area contributed by atoms with Gasteiger partial charge in [-0.1, -0.05) is 0 Å². The largest absolute Gasteiger partial charge is 0.481 e. The number of pyridine rings is 1. The standard InChI is InChI=1S/C11H10N2O3S/c1-16-8-3-2-6(4-13-8)7-5-17-10(12)9(7)11(14)15/h2-5H,12H2,1H3,(H,14,15). The summed E-state index contributed by atoms with van der Waals surface area (Å²) in [5.74, 6) is -0.552. The van der Waals surface area contributed by atoms with Gasteiger partial charge in [0.05, 0.1) is 7.11 Å². The predicted molar refractivity (Wildman–Crippen MR) is 65.5 cm³/mol. The van der Waals surface area contributed by atoms with Crippen molar-refractivity contribution in [2.75, 3.05) is 12.8 Å². The van der Waals surface area contributed by atoms with Crippen molar-refractivity contribution in [3.63, 3.8) is 0 Å². The van der Waals surface area contributed by atoms with Crippen molar-refractivity contribution in [2.24, 2.45) is 0 Å². The van der Waals surface area contributed by atoms with Crippen LogP contribution in [0.15, 0.2) is 23.7 Å². The second-order valence-electron chi connectivity index (χ2n) is 3.28. The fourth-order valence-electron chi connectivity index (χ4n) is 1.47. The number of rotatable bonds is 3. The van der Waals surface area contributed by atoms with Crippen molar-refractivity contribution in [3.05, 3.63) is 29.3 Å². The number of aromatic nitrogens is 1. The van der Waals surface area contributed by atoms with Gasteiger partial charge in [-0.05, 0) is 6.07 Å². The summed E-state index contributed by atoms with van der Waals surface area (Å²) >= 11 is 1.20. The smallest absolute Gasteiger partial charge is 0.339 e. The van der Waals surface area contributed by atoms with Crippen molar-refractivity contribution in [1.29, 1.82) is 0 Å². The number of anilines is 1. The average Bonchev–Trinajstić information content (AvgIpc) is 2.71. The minimum absolute atomic E-state index is 0.127. The Morgan fingerprint density at radius 2 is 2.29 bits per heavy atom. The van der Waals surface area contributed by atoms with Crippen LogP contribution in [0.5, 0.6) is 5.88 Å². The summed E-state index contributed by atoms with van der Waals surface area (Å²) in [7, 11) is 1.52. The van der Waals surface area contributed by atoms with Crippen LogP contribution in [0.1, 0.15) is 10.4 Å². The van der Waals surface area contributed by atoms with E-state index in [0.29, 0.717) is 22.0 Å². The van der Waals surface area contributed by atoms with Crippen LogP contribution in [0.3, 0.4) is 0 Å². The van der Waals surface area contributed by atoms with Crippen molar-refractivity contribution < 1.29 is 14.6 Å². The highest BCUT2D eigenvalue weighted by Gasteiger charge is 2.17. The van der Waals surface area contributed by atoms with Crippen molar-refractivity contribution >= 4 is 22.3 Å². The summed E-state index contributed by atoms with van der Waals surface area (Å²) in [4.78, 5) is 15.1. The molecule has 0 bridgehead atoms. The molecule has 0 atom stereocenters. The molecule has 0 fully saturated rings. The molecule has 2 rings (SSSR count). The van der Waals surface area contributed by atoms with Gasteiger partial charge in [0.2, 0.25) is 5.88 Å². The highest BCUT2D eigenvalue weighted by Crippen LogP contribution is 2.33. The molecule has 0 aliphatic rings. The lowest BCUT2D eigenvalue weighted by atomic mass is 10.1. The maximum absolute atomic E-state index is 11.1. The first-order valence-corrected chi connectivity index (χ1v) is 5.62. The Morgan fingerprint density at radius 3 is 2.82 bits per heavy atom. The molecule has 0 saturated heterocycles. The lowest BCUT2D eigenvalue weighted by Crippen LogP contribution is -2.00. The van der Waals surface area contributed by atoms with E-state index in [1.165, 1.54) is 18.4 Å². The molecule has 6 heteroatoms. The van der Waals surface area contributed by atoms with Gasteiger partial charge in [0, 0.05) is 28.8 Å². The SMILES string of the molecule is COc1ccc(-c2csc(N)c2C(=O)O)cn1. The van der Waals surface area contributed by atoms with Crippen LogP contribution in [-0.4, -0.2) is 23.2 Å². The molecule has 0 spiro atoms. The van der Waals surface area contributed by atoms with Crippen LogP contribution in [0.25, 0.3) is 11.1 Å². The minimum atomic E-state index is -1.03. The van der Waals surface area contributed by atoms with Gasteiger partial charge in [-0.25, -0.2) is 9.78 Å². The number of nitrogens with two attached hydrogens (primary N) is 1. The normalized spacial score (nSPS) is 10.2. The molecule has 5 nitrogen and oxygen atoms in total. The molecular weight excluding hydrogens is 240 g/mol. The molecule has 0 unspecified atom stereocenters. The van der Waals surface area contributed by atoms with Crippen LogP contribution in [0, 0.1) is 0 Å². The summed E-state index contributed by atoms with van der Waals surface area (Å²) in [5, 5.41) is 11.1. The van der Waals surface area contributed by atoms with Gasteiger partial charge in [-0.2, -0.15) is 0 Å². The Bertz CT molecular complexity index is 548. The number of hydrogen-bond donors (Lipinski definition) is 2.